The summed E-state index contributed by atoms with van der Waals surface area (Å²) in [7, 11) is -2.73. The topological polar surface area (TPSA) is 97.1 Å². The van der Waals surface area contributed by atoms with Gasteiger partial charge in [-0.1, -0.05) is 36.8 Å². The number of benzene rings is 2. The van der Waals surface area contributed by atoms with Crippen molar-refractivity contribution >= 4 is 33.8 Å². The minimum absolute atomic E-state index is 0.00541. The van der Waals surface area contributed by atoms with E-state index < -0.39 is 15.9 Å². The van der Waals surface area contributed by atoms with E-state index >= 15 is 0 Å². The normalized spacial score (nSPS) is 17.2. The van der Waals surface area contributed by atoms with Crippen molar-refractivity contribution in [2.45, 2.75) is 49.5 Å². The number of amides is 1. The lowest BCUT2D eigenvalue weighted by Gasteiger charge is -2.40. The summed E-state index contributed by atoms with van der Waals surface area (Å²) in [6.45, 7) is 4.66. The van der Waals surface area contributed by atoms with Crippen LogP contribution in [-0.2, 0) is 14.8 Å². The number of carbonyl (C=O) groups is 1. The van der Waals surface area contributed by atoms with Gasteiger partial charge in [0.25, 0.3) is 10.0 Å². The van der Waals surface area contributed by atoms with Gasteiger partial charge < -0.3 is 19.7 Å². The van der Waals surface area contributed by atoms with Crippen LogP contribution in [0, 0.1) is 5.21 Å². The van der Waals surface area contributed by atoms with Crippen molar-refractivity contribution < 1.29 is 22.7 Å². The van der Waals surface area contributed by atoms with Gasteiger partial charge in [-0.25, -0.2) is 12.7 Å². The standard InChI is InChI=1S/C33H40N4O5S/c1-42-30-11-13-31(14-12-30)43(40,41)37(32-8-4-3-7-28(32)10-9-27-15-25-36(39)26-16-27)33(38)19-24-34-22-17-29(18-23-34)35-20-5-2-6-21-35/h3-4,7-16,25-26,29H,2,5-6,17-24H2,1H3. The highest BCUT2D eigenvalue weighted by atomic mass is 32.2. The van der Waals surface area contributed by atoms with E-state index in [1.54, 1.807) is 60.7 Å². The summed E-state index contributed by atoms with van der Waals surface area (Å²) in [5, 5.41) is 11.4. The van der Waals surface area contributed by atoms with Gasteiger partial charge in [-0.15, -0.1) is 0 Å². The van der Waals surface area contributed by atoms with Gasteiger partial charge in [0.05, 0.1) is 17.7 Å². The van der Waals surface area contributed by atoms with Crippen molar-refractivity contribution in [2.24, 2.45) is 0 Å². The molecular formula is C33H40N4O5S. The number of anilines is 1. The third kappa shape index (κ3) is 7.62. The molecule has 2 fully saturated rings. The highest BCUT2D eigenvalue weighted by molar-refractivity contribution is 7.93. The van der Waals surface area contributed by atoms with Crippen molar-refractivity contribution in [1.82, 2.24) is 9.80 Å². The number of methoxy groups -OCH3 is 1. The van der Waals surface area contributed by atoms with Gasteiger partial charge in [0.2, 0.25) is 5.91 Å². The highest BCUT2D eigenvalue weighted by Crippen LogP contribution is 2.30. The maximum absolute atomic E-state index is 14.1. The van der Waals surface area contributed by atoms with Crippen LogP contribution in [0.3, 0.4) is 0 Å². The molecule has 0 spiro atoms. The Bertz CT molecular complexity index is 1500. The largest absolute Gasteiger partial charge is 0.619 e. The molecule has 1 amide bonds. The zero-order valence-electron chi connectivity index (χ0n) is 24.7. The molecule has 2 aromatic carbocycles. The molecule has 43 heavy (non-hydrogen) atoms. The van der Waals surface area contributed by atoms with Crippen LogP contribution in [-0.4, -0.2) is 70.0 Å². The van der Waals surface area contributed by atoms with Crippen LogP contribution in [0.2, 0.25) is 0 Å². The number of likely N-dealkylation sites (tertiary alicyclic amines) is 2. The second kappa shape index (κ2) is 14.2. The van der Waals surface area contributed by atoms with Gasteiger partial charge in [-0.05, 0) is 93.3 Å². The molecule has 0 N–H and O–H groups in total. The number of nitrogens with zero attached hydrogens (tertiary/aromatic N) is 4. The van der Waals surface area contributed by atoms with Crippen LogP contribution in [0.25, 0.3) is 12.2 Å². The van der Waals surface area contributed by atoms with E-state index in [1.165, 1.54) is 64.0 Å². The van der Waals surface area contributed by atoms with E-state index in [2.05, 4.69) is 9.80 Å². The summed E-state index contributed by atoms with van der Waals surface area (Å²) in [6, 6.07) is 16.9. The molecule has 0 bridgehead atoms. The molecule has 0 radical (unpaired) electrons. The first-order valence-corrected chi connectivity index (χ1v) is 16.4. The number of sulfonamides is 1. The molecule has 0 aliphatic carbocycles. The van der Waals surface area contributed by atoms with Crippen molar-refractivity contribution in [1.29, 1.82) is 0 Å². The molecular weight excluding hydrogens is 564 g/mol. The van der Waals surface area contributed by atoms with Crippen LogP contribution < -0.4 is 13.8 Å². The minimum atomic E-state index is -4.24. The Kier molecular flexibility index (Phi) is 10.1. The van der Waals surface area contributed by atoms with Gasteiger partial charge >= 0.3 is 0 Å². The maximum atomic E-state index is 14.1. The van der Waals surface area contributed by atoms with Gasteiger partial charge in [-0.3, -0.25) is 4.79 Å². The monoisotopic (exact) mass is 604 g/mol. The van der Waals surface area contributed by atoms with Gasteiger partial charge in [0, 0.05) is 31.1 Å². The molecule has 0 atom stereocenters. The van der Waals surface area contributed by atoms with Crippen LogP contribution in [0.1, 0.15) is 49.7 Å². The smallest absolute Gasteiger partial charge is 0.270 e. The maximum Gasteiger partial charge on any atom is 0.270 e. The van der Waals surface area contributed by atoms with Gasteiger partial charge in [0.15, 0.2) is 12.4 Å². The van der Waals surface area contributed by atoms with E-state index in [-0.39, 0.29) is 17.0 Å². The van der Waals surface area contributed by atoms with E-state index in [4.69, 9.17) is 4.74 Å². The quantitative estimate of drug-likeness (QED) is 0.247. The molecule has 2 aliphatic rings. The molecule has 3 aromatic rings. The van der Waals surface area contributed by atoms with Gasteiger partial charge in [0.1, 0.15) is 5.75 Å². The van der Waals surface area contributed by atoms with Crippen LogP contribution >= 0.6 is 0 Å². The second-order valence-electron chi connectivity index (χ2n) is 11.1. The number of para-hydroxylation sites is 1. The molecule has 0 saturated carbocycles. The predicted molar refractivity (Wildman–Crippen MR) is 168 cm³/mol. The zero-order valence-corrected chi connectivity index (χ0v) is 25.5. The molecule has 3 heterocycles. The van der Waals surface area contributed by atoms with Crippen LogP contribution in [0.4, 0.5) is 5.69 Å². The summed E-state index contributed by atoms with van der Waals surface area (Å²) in [5.41, 5.74) is 1.61. The van der Waals surface area contributed by atoms with Crippen molar-refractivity contribution in [3.8, 4) is 5.75 Å². The molecule has 10 heteroatoms. The Hall–Kier alpha value is -3.73. The summed E-state index contributed by atoms with van der Waals surface area (Å²) >= 11 is 0. The van der Waals surface area contributed by atoms with Gasteiger partial charge in [-0.2, -0.15) is 4.73 Å². The third-order valence-corrected chi connectivity index (χ3v) is 10.1. The summed E-state index contributed by atoms with van der Waals surface area (Å²) < 4.78 is 35.0. The highest BCUT2D eigenvalue weighted by Gasteiger charge is 2.33. The first kappa shape index (κ1) is 30.7. The molecule has 1 aromatic heterocycles. The van der Waals surface area contributed by atoms with E-state index in [0.717, 1.165) is 35.8 Å². The van der Waals surface area contributed by atoms with E-state index in [1.807, 2.05) is 0 Å². The molecule has 2 saturated heterocycles. The number of pyridine rings is 1. The number of aromatic nitrogens is 1. The Balaban J connectivity index is 1.37. The summed E-state index contributed by atoms with van der Waals surface area (Å²) in [4.78, 5) is 18.8. The minimum Gasteiger partial charge on any atom is -0.619 e. The fourth-order valence-electron chi connectivity index (χ4n) is 5.93. The predicted octanol–water partition coefficient (Wildman–Crippen LogP) is 4.56. The first-order chi connectivity index (χ1) is 20.8. The lowest BCUT2D eigenvalue weighted by atomic mass is 10.00. The Morgan fingerprint density at radius 1 is 0.953 bits per heavy atom. The fraction of sp³-hybridized carbons (Fsp3) is 0.394. The van der Waals surface area contributed by atoms with Crippen molar-refractivity contribution in [2.75, 3.05) is 44.1 Å². The van der Waals surface area contributed by atoms with Crippen molar-refractivity contribution in [3.05, 3.63) is 89.4 Å². The number of carbonyl (C=O) groups excluding carboxylic acids is 1. The Morgan fingerprint density at radius 3 is 2.30 bits per heavy atom. The van der Waals surface area contributed by atoms with Crippen LogP contribution in [0.5, 0.6) is 5.75 Å². The molecule has 228 valence electrons. The lowest BCUT2D eigenvalue weighted by molar-refractivity contribution is -0.605. The summed E-state index contributed by atoms with van der Waals surface area (Å²) in [5.74, 6) is 0.0392. The fourth-order valence-corrected chi connectivity index (χ4v) is 7.41. The molecule has 9 nitrogen and oxygen atoms in total. The molecule has 2 aliphatic heterocycles. The van der Waals surface area contributed by atoms with Crippen molar-refractivity contribution in [3.63, 3.8) is 0 Å². The number of piperidine rings is 2. The summed E-state index contributed by atoms with van der Waals surface area (Å²) in [6.07, 6.45) is 12.4. The zero-order chi connectivity index (χ0) is 30.2. The third-order valence-electron chi connectivity index (χ3n) is 8.37. The number of hydrogen-bond acceptors (Lipinski definition) is 7. The van der Waals surface area contributed by atoms with Crippen LogP contribution in [0.15, 0.2) is 78.0 Å². The first-order valence-electron chi connectivity index (χ1n) is 15.0. The van der Waals surface area contributed by atoms with E-state index in [9.17, 15) is 18.4 Å². The Labute approximate surface area is 254 Å². The number of ether oxygens (including phenoxy) is 1. The molecule has 5 rings (SSSR count). The lowest BCUT2D eigenvalue weighted by Crippen LogP contribution is -2.47. The van der Waals surface area contributed by atoms with E-state index in [0.29, 0.717) is 28.6 Å². The SMILES string of the molecule is COc1ccc(S(=O)(=O)N(C(=O)CCN2CCC(N3CCCCC3)CC2)c2ccccc2C=Cc2cc[n+]([O-])cc2)cc1. The average Bonchev–Trinajstić information content (AvgIpc) is 3.05. The Morgan fingerprint density at radius 2 is 1.63 bits per heavy atom. The number of hydrogen-bond donors (Lipinski definition) is 0. The molecule has 0 unspecified atom stereocenters. The average molecular weight is 605 g/mol. The number of rotatable bonds is 10. The second-order valence-corrected chi connectivity index (χ2v) is 12.9.